The van der Waals surface area contributed by atoms with Gasteiger partial charge in [-0.05, 0) is 49.7 Å². The van der Waals surface area contributed by atoms with Gasteiger partial charge in [-0.2, -0.15) is 0 Å². The zero-order valence-corrected chi connectivity index (χ0v) is 10.9. The van der Waals surface area contributed by atoms with Crippen LogP contribution in [0.5, 0.6) is 0 Å². The molecule has 19 heavy (non-hydrogen) atoms. The van der Waals surface area contributed by atoms with Crippen LogP contribution in [0.2, 0.25) is 0 Å². The number of carbonyl (C=O) groups is 2. The fraction of sp³-hybridized carbons (Fsp3) is 0.125. The molecule has 0 heterocycles. The lowest BCUT2D eigenvalue weighted by atomic mass is 10.1. The summed E-state index contributed by atoms with van der Waals surface area (Å²) in [7, 11) is 0. The Morgan fingerprint density at radius 1 is 1.05 bits per heavy atom. The molecule has 0 fully saturated rings. The standard InChI is InChI=1S/C16H15NO2/c1-11-3-8-15(12(2)9-11)16(19)17-14-6-4-13(10-18)5-7-14/h3-10H,1-2H3,(H,17,19). The third-order valence-corrected chi connectivity index (χ3v) is 2.93. The highest BCUT2D eigenvalue weighted by atomic mass is 16.1. The number of aldehydes is 1. The summed E-state index contributed by atoms with van der Waals surface area (Å²) in [5.74, 6) is -0.142. The molecule has 0 aliphatic heterocycles. The van der Waals surface area contributed by atoms with Gasteiger partial charge < -0.3 is 5.32 Å². The molecule has 1 N–H and O–H groups in total. The number of aryl methyl sites for hydroxylation is 2. The summed E-state index contributed by atoms with van der Waals surface area (Å²) in [5, 5.41) is 2.81. The van der Waals surface area contributed by atoms with E-state index >= 15 is 0 Å². The molecular weight excluding hydrogens is 238 g/mol. The van der Waals surface area contributed by atoms with E-state index in [1.807, 2.05) is 32.0 Å². The van der Waals surface area contributed by atoms with Gasteiger partial charge >= 0.3 is 0 Å². The van der Waals surface area contributed by atoms with Crippen molar-refractivity contribution in [3.63, 3.8) is 0 Å². The Balaban J connectivity index is 2.18. The van der Waals surface area contributed by atoms with Gasteiger partial charge in [0, 0.05) is 16.8 Å². The zero-order valence-electron chi connectivity index (χ0n) is 10.9. The van der Waals surface area contributed by atoms with Crippen molar-refractivity contribution >= 4 is 17.9 Å². The number of nitrogens with one attached hydrogen (secondary N) is 1. The predicted octanol–water partition coefficient (Wildman–Crippen LogP) is 3.37. The Morgan fingerprint density at radius 3 is 2.32 bits per heavy atom. The fourth-order valence-electron chi connectivity index (χ4n) is 1.91. The maximum absolute atomic E-state index is 12.1. The second-order valence-corrected chi connectivity index (χ2v) is 4.51. The highest BCUT2D eigenvalue weighted by Gasteiger charge is 2.09. The van der Waals surface area contributed by atoms with E-state index in [1.165, 1.54) is 0 Å². The molecule has 0 bridgehead atoms. The number of anilines is 1. The number of benzene rings is 2. The van der Waals surface area contributed by atoms with Gasteiger partial charge in [-0.3, -0.25) is 9.59 Å². The Bertz CT molecular complexity index is 615. The van der Waals surface area contributed by atoms with Crippen LogP contribution in [0, 0.1) is 13.8 Å². The van der Waals surface area contributed by atoms with E-state index in [9.17, 15) is 9.59 Å². The minimum absolute atomic E-state index is 0.142. The van der Waals surface area contributed by atoms with Crippen LogP contribution in [-0.4, -0.2) is 12.2 Å². The molecule has 0 saturated heterocycles. The lowest BCUT2D eigenvalue weighted by molar-refractivity contribution is 0.102. The molecule has 3 heteroatoms. The largest absolute Gasteiger partial charge is 0.322 e. The van der Waals surface area contributed by atoms with E-state index in [0.29, 0.717) is 16.8 Å². The topological polar surface area (TPSA) is 46.2 Å². The van der Waals surface area contributed by atoms with Gasteiger partial charge in [0.1, 0.15) is 6.29 Å². The monoisotopic (exact) mass is 253 g/mol. The Kier molecular flexibility index (Phi) is 3.76. The third kappa shape index (κ3) is 3.07. The highest BCUT2D eigenvalue weighted by molar-refractivity contribution is 6.05. The van der Waals surface area contributed by atoms with Gasteiger partial charge in [0.15, 0.2) is 0 Å². The molecule has 2 aromatic rings. The van der Waals surface area contributed by atoms with Gasteiger partial charge in [-0.15, -0.1) is 0 Å². The van der Waals surface area contributed by atoms with E-state index in [-0.39, 0.29) is 5.91 Å². The van der Waals surface area contributed by atoms with E-state index in [0.717, 1.165) is 17.4 Å². The summed E-state index contributed by atoms with van der Waals surface area (Å²) in [5.41, 5.74) is 4.00. The molecule has 0 aromatic heterocycles. The highest BCUT2D eigenvalue weighted by Crippen LogP contribution is 2.14. The van der Waals surface area contributed by atoms with Crippen molar-refractivity contribution in [2.75, 3.05) is 5.32 Å². The SMILES string of the molecule is Cc1ccc(C(=O)Nc2ccc(C=O)cc2)c(C)c1. The van der Waals surface area contributed by atoms with Crippen LogP contribution in [0.25, 0.3) is 0 Å². The van der Waals surface area contributed by atoms with Gasteiger partial charge in [-0.25, -0.2) is 0 Å². The quantitative estimate of drug-likeness (QED) is 0.852. The summed E-state index contributed by atoms with van der Waals surface area (Å²) in [4.78, 5) is 22.7. The van der Waals surface area contributed by atoms with Gasteiger partial charge in [0.2, 0.25) is 0 Å². The van der Waals surface area contributed by atoms with Crippen LogP contribution in [0.4, 0.5) is 5.69 Å². The minimum Gasteiger partial charge on any atom is -0.322 e. The van der Waals surface area contributed by atoms with Crippen LogP contribution in [0.3, 0.4) is 0 Å². The molecule has 1 amide bonds. The molecule has 0 aliphatic rings. The first-order chi connectivity index (χ1) is 9.10. The third-order valence-electron chi connectivity index (χ3n) is 2.93. The first kappa shape index (κ1) is 13.0. The molecule has 0 spiro atoms. The second kappa shape index (κ2) is 5.48. The molecule has 0 saturated carbocycles. The van der Waals surface area contributed by atoms with E-state index in [4.69, 9.17) is 0 Å². The van der Waals surface area contributed by atoms with E-state index in [2.05, 4.69) is 5.32 Å². The maximum Gasteiger partial charge on any atom is 0.255 e. The average molecular weight is 253 g/mol. The van der Waals surface area contributed by atoms with Crippen molar-refractivity contribution in [1.29, 1.82) is 0 Å². The van der Waals surface area contributed by atoms with Crippen LogP contribution in [-0.2, 0) is 0 Å². The first-order valence-electron chi connectivity index (χ1n) is 6.04. The summed E-state index contributed by atoms with van der Waals surface area (Å²) in [6.07, 6.45) is 0.774. The van der Waals surface area contributed by atoms with Crippen LogP contribution >= 0.6 is 0 Å². The molecule has 96 valence electrons. The van der Waals surface area contributed by atoms with Gasteiger partial charge in [-0.1, -0.05) is 17.7 Å². The number of carbonyl (C=O) groups excluding carboxylic acids is 2. The summed E-state index contributed by atoms with van der Waals surface area (Å²) in [6.45, 7) is 3.91. The predicted molar refractivity (Wildman–Crippen MR) is 75.7 cm³/mol. The summed E-state index contributed by atoms with van der Waals surface area (Å²) in [6, 6.07) is 12.5. The first-order valence-corrected chi connectivity index (χ1v) is 6.04. The van der Waals surface area contributed by atoms with Crippen molar-refractivity contribution < 1.29 is 9.59 Å². The second-order valence-electron chi connectivity index (χ2n) is 4.51. The molecule has 0 radical (unpaired) electrons. The number of rotatable bonds is 3. The Hall–Kier alpha value is -2.42. The molecule has 2 aromatic carbocycles. The van der Waals surface area contributed by atoms with Crippen LogP contribution in [0.1, 0.15) is 31.8 Å². The van der Waals surface area contributed by atoms with Crippen LogP contribution in [0.15, 0.2) is 42.5 Å². The van der Waals surface area contributed by atoms with Gasteiger partial charge in [0.05, 0.1) is 0 Å². The Morgan fingerprint density at radius 2 is 1.74 bits per heavy atom. The van der Waals surface area contributed by atoms with Crippen LogP contribution < -0.4 is 5.32 Å². The fourth-order valence-corrected chi connectivity index (χ4v) is 1.91. The smallest absolute Gasteiger partial charge is 0.255 e. The molecule has 3 nitrogen and oxygen atoms in total. The van der Waals surface area contributed by atoms with Gasteiger partial charge in [0.25, 0.3) is 5.91 Å². The molecular formula is C16H15NO2. The summed E-state index contributed by atoms with van der Waals surface area (Å²) >= 11 is 0. The normalized spacial score (nSPS) is 10.0. The van der Waals surface area contributed by atoms with Crippen molar-refractivity contribution in [3.05, 3.63) is 64.7 Å². The molecule has 0 unspecified atom stereocenters. The van der Waals surface area contributed by atoms with E-state index < -0.39 is 0 Å². The van der Waals surface area contributed by atoms with E-state index in [1.54, 1.807) is 24.3 Å². The molecule has 0 aliphatic carbocycles. The van der Waals surface area contributed by atoms with Crippen molar-refractivity contribution in [1.82, 2.24) is 0 Å². The van der Waals surface area contributed by atoms with Crippen molar-refractivity contribution in [2.45, 2.75) is 13.8 Å². The average Bonchev–Trinajstić information content (AvgIpc) is 2.39. The molecule has 0 atom stereocenters. The Labute approximate surface area is 112 Å². The maximum atomic E-state index is 12.1. The number of amides is 1. The lowest BCUT2D eigenvalue weighted by Crippen LogP contribution is -2.13. The zero-order chi connectivity index (χ0) is 13.8. The lowest BCUT2D eigenvalue weighted by Gasteiger charge is -2.08. The van der Waals surface area contributed by atoms with Crippen molar-refractivity contribution in [2.24, 2.45) is 0 Å². The number of hydrogen-bond donors (Lipinski definition) is 1. The number of hydrogen-bond acceptors (Lipinski definition) is 2. The molecule has 2 rings (SSSR count). The van der Waals surface area contributed by atoms with Crippen molar-refractivity contribution in [3.8, 4) is 0 Å². The summed E-state index contributed by atoms with van der Waals surface area (Å²) < 4.78 is 0. The minimum atomic E-state index is -0.142.